The van der Waals surface area contributed by atoms with E-state index in [-0.39, 0.29) is 17.8 Å². The van der Waals surface area contributed by atoms with Gasteiger partial charge in [-0.1, -0.05) is 34.8 Å². The second-order valence-electron chi connectivity index (χ2n) is 16.4. The number of rotatable bonds is 3. The number of nitrogens with one attached hydrogen (secondary N) is 1. The van der Waals surface area contributed by atoms with Crippen LogP contribution in [0.5, 0.6) is 0 Å². The van der Waals surface area contributed by atoms with Gasteiger partial charge < -0.3 is 29.5 Å². The summed E-state index contributed by atoms with van der Waals surface area (Å²) in [6.45, 7) is 19.2. The highest BCUT2D eigenvalue weighted by Gasteiger charge is 2.33. The van der Waals surface area contributed by atoms with Crippen molar-refractivity contribution >= 4 is 52.8 Å². The fraction of sp³-hybridized carbons (Fsp3) is 0.737. The first kappa shape index (κ1) is 43.1. The normalized spacial score (nSPS) is 19.8. The predicted molar refractivity (Wildman–Crippen MR) is 211 cm³/mol. The average Bonchev–Trinajstić information content (AvgIpc) is 3.11. The first-order chi connectivity index (χ1) is 25.1. The van der Waals surface area contributed by atoms with Crippen molar-refractivity contribution in [3.8, 4) is 0 Å². The average molecular weight is 798 g/mol. The van der Waals surface area contributed by atoms with E-state index < -0.39 is 5.60 Å². The first-order valence-electron chi connectivity index (χ1n) is 19.1. The lowest BCUT2D eigenvalue weighted by atomic mass is 9.79. The van der Waals surface area contributed by atoms with Crippen molar-refractivity contribution in [1.82, 2.24) is 35.1 Å². The van der Waals surface area contributed by atoms with Crippen molar-refractivity contribution in [2.24, 2.45) is 23.7 Å². The summed E-state index contributed by atoms with van der Waals surface area (Å²) in [6.07, 6.45) is 15.2. The topological polar surface area (TPSA) is 126 Å². The van der Waals surface area contributed by atoms with Crippen molar-refractivity contribution < 1.29 is 19.1 Å². The Balaban J connectivity index is 0.000000202. The van der Waals surface area contributed by atoms with Crippen molar-refractivity contribution in [3.05, 3.63) is 40.2 Å². The molecule has 6 rings (SSSR count). The summed E-state index contributed by atoms with van der Waals surface area (Å²) in [7, 11) is 0. The molecule has 6 heterocycles. The Bertz CT molecular complexity index is 1410. The lowest BCUT2D eigenvalue weighted by Gasteiger charge is -2.40. The molecule has 12 nitrogen and oxygen atoms in total. The Labute approximate surface area is 331 Å². The molecule has 2 amide bonds. The van der Waals surface area contributed by atoms with Crippen molar-refractivity contribution in [2.45, 2.75) is 104 Å². The third-order valence-electron chi connectivity index (χ3n) is 10.1. The second-order valence-corrected chi connectivity index (χ2v) is 17.5. The van der Waals surface area contributed by atoms with Crippen molar-refractivity contribution in [1.29, 1.82) is 0 Å². The lowest BCUT2D eigenvalue weighted by Crippen LogP contribution is -2.44. The Hall–Kier alpha value is -2.67. The number of hydrogen-bond acceptors (Lipinski definition) is 10. The van der Waals surface area contributed by atoms with Crippen LogP contribution in [0, 0.1) is 23.7 Å². The summed E-state index contributed by atoms with van der Waals surface area (Å²) >= 11 is 16.7. The Kier molecular flexibility index (Phi) is 16.5. The molecule has 1 N–H and O–H groups in total. The van der Waals surface area contributed by atoms with Crippen molar-refractivity contribution in [3.63, 3.8) is 0 Å². The van der Waals surface area contributed by atoms with Gasteiger partial charge in [-0.15, -0.1) is 0 Å². The Morgan fingerprint density at radius 2 is 0.943 bits per heavy atom. The van der Waals surface area contributed by atoms with Crippen LogP contribution in [-0.4, -0.2) is 105 Å². The van der Waals surface area contributed by atoms with Crippen molar-refractivity contribution in [2.75, 3.05) is 57.3 Å². The van der Waals surface area contributed by atoms with Crippen LogP contribution in [0.2, 0.25) is 15.5 Å². The standard InChI is InChI=1S/C19H29ClN4O2.C15H28N2O2.C4H2Cl2N2/c1-19(2,3)26-18(25)24-10-6-15(7-11-24)14-4-8-23(9-5-14)17-13-21-12-16(20)22-17;1-15(2,3)19-14(18)17-10-6-13(7-11-17)12-4-8-16-9-5-12;5-3-1-7-2-4(6)8-3/h12-15H,4-11H2,1-3H3;12-13,16H,4-11H2,1-3H3;1-2H. The number of amides is 2. The summed E-state index contributed by atoms with van der Waals surface area (Å²) < 4.78 is 10.9. The van der Waals surface area contributed by atoms with Gasteiger partial charge in [-0.2, -0.15) is 0 Å². The number of carbonyl (C=O) groups is 2. The van der Waals surface area contributed by atoms with Gasteiger partial charge in [0.25, 0.3) is 0 Å². The highest BCUT2D eigenvalue weighted by atomic mass is 35.5. The van der Waals surface area contributed by atoms with Crippen LogP contribution in [-0.2, 0) is 9.47 Å². The van der Waals surface area contributed by atoms with Crippen LogP contribution in [0.25, 0.3) is 0 Å². The van der Waals surface area contributed by atoms with Crippen LogP contribution < -0.4 is 10.2 Å². The second kappa shape index (κ2) is 20.3. The molecule has 2 aromatic rings. The third-order valence-corrected chi connectivity index (χ3v) is 10.7. The van der Waals surface area contributed by atoms with E-state index in [1.165, 1.54) is 25.2 Å². The molecule has 0 aromatic carbocycles. The molecule has 15 heteroatoms. The third kappa shape index (κ3) is 15.2. The predicted octanol–water partition coefficient (Wildman–Crippen LogP) is 8.41. The number of halogens is 3. The highest BCUT2D eigenvalue weighted by molar-refractivity contribution is 6.32. The molecule has 0 spiro atoms. The van der Waals surface area contributed by atoms with Crippen LogP contribution in [0.1, 0.15) is 92.9 Å². The molecule has 53 heavy (non-hydrogen) atoms. The van der Waals surface area contributed by atoms with E-state index in [0.717, 1.165) is 114 Å². The minimum absolute atomic E-state index is 0.142. The summed E-state index contributed by atoms with van der Waals surface area (Å²) in [6, 6.07) is 0. The maximum Gasteiger partial charge on any atom is 0.410 e. The van der Waals surface area contributed by atoms with Crippen LogP contribution in [0.4, 0.5) is 15.4 Å². The number of carbonyl (C=O) groups excluding carboxylic acids is 2. The summed E-state index contributed by atoms with van der Waals surface area (Å²) in [4.78, 5) is 46.0. The molecular formula is C38H59Cl3N8O4. The minimum Gasteiger partial charge on any atom is -0.444 e. The molecule has 2 aromatic heterocycles. The molecule has 0 radical (unpaired) electrons. The van der Waals surface area contributed by atoms with E-state index in [0.29, 0.717) is 21.4 Å². The fourth-order valence-electron chi connectivity index (χ4n) is 7.48. The molecule has 0 saturated carbocycles. The monoisotopic (exact) mass is 796 g/mol. The number of ether oxygens (including phenoxy) is 2. The number of piperidine rings is 4. The molecule has 0 atom stereocenters. The zero-order valence-electron chi connectivity index (χ0n) is 32.3. The maximum atomic E-state index is 12.2. The first-order valence-corrected chi connectivity index (χ1v) is 20.2. The van der Waals surface area contributed by atoms with E-state index in [4.69, 9.17) is 44.3 Å². The van der Waals surface area contributed by atoms with Gasteiger partial charge in [0.1, 0.15) is 32.5 Å². The Morgan fingerprint density at radius 3 is 1.30 bits per heavy atom. The number of likely N-dealkylation sites (tertiary alicyclic amines) is 2. The largest absolute Gasteiger partial charge is 0.444 e. The van der Waals surface area contributed by atoms with Gasteiger partial charge in [-0.05, 0) is 130 Å². The van der Waals surface area contributed by atoms with Gasteiger partial charge in [0.05, 0.1) is 24.8 Å². The maximum absolute atomic E-state index is 12.2. The number of anilines is 1. The molecule has 0 bridgehead atoms. The summed E-state index contributed by atoms with van der Waals surface area (Å²) in [5, 5.41) is 4.50. The summed E-state index contributed by atoms with van der Waals surface area (Å²) in [5.74, 6) is 3.96. The van der Waals surface area contributed by atoms with Gasteiger partial charge in [0.15, 0.2) is 0 Å². The van der Waals surface area contributed by atoms with E-state index in [1.807, 2.05) is 51.3 Å². The van der Waals surface area contributed by atoms with Crippen LogP contribution in [0.15, 0.2) is 24.8 Å². The van der Waals surface area contributed by atoms with E-state index >= 15 is 0 Å². The van der Waals surface area contributed by atoms with E-state index in [2.05, 4.69) is 30.2 Å². The zero-order chi connectivity index (χ0) is 38.6. The van der Waals surface area contributed by atoms with E-state index in [9.17, 15) is 9.59 Å². The molecular weight excluding hydrogens is 739 g/mol. The highest BCUT2D eigenvalue weighted by Crippen LogP contribution is 2.34. The molecule has 4 aliphatic heterocycles. The minimum atomic E-state index is -0.427. The molecule has 296 valence electrons. The SMILES string of the molecule is CC(C)(C)OC(=O)N1CCC(C2CCN(c3cncc(Cl)n3)CC2)CC1.CC(C)(C)OC(=O)N1CCC(C2CCNCC2)CC1.Clc1cncc(Cl)n1. The van der Waals surface area contributed by atoms with Gasteiger partial charge in [0.2, 0.25) is 0 Å². The van der Waals surface area contributed by atoms with E-state index in [1.54, 1.807) is 12.4 Å². The zero-order valence-corrected chi connectivity index (χ0v) is 34.6. The lowest BCUT2D eigenvalue weighted by molar-refractivity contribution is 0.0142. The van der Waals surface area contributed by atoms with Gasteiger partial charge in [-0.3, -0.25) is 9.97 Å². The number of nitrogens with zero attached hydrogens (tertiary/aromatic N) is 7. The van der Waals surface area contributed by atoms with Gasteiger partial charge >= 0.3 is 12.2 Å². The molecule has 4 aliphatic rings. The van der Waals surface area contributed by atoms with Gasteiger partial charge in [-0.25, -0.2) is 19.6 Å². The Morgan fingerprint density at radius 1 is 0.585 bits per heavy atom. The molecule has 4 fully saturated rings. The molecule has 0 unspecified atom stereocenters. The fourth-order valence-corrected chi connectivity index (χ4v) is 7.96. The van der Waals surface area contributed by atoms with Gasteiger partial charge in [0, 0.05) is 39.3 Å². The number of hydrogen-bond donors (Lipinski definition) is 1. The van der Waals surface area contributed by atoms with Crippen LogP contribution >= 0.6 is 34.8 Å². The smallest absolute Gasteiger partial charge is 0.410 e. The summed E-state index contributed by atoms with van der Waals surface area (Å²) in [5.41, 5.74) is -0.813. The van der Waals surface area contributed by atoms with Crippen LogP contribution in [0.3, 0.4) is 0 Å². The quantitative estimate of drug-likeness (QED) is 0.324. The molecule has 0 aliphatic carbocycles. The number of aromatic nitrogens is 4. The molecule has 4 saturated heterocycles.